The molecule has 94 heavy (non-hydrogen) atoms. The average molecular weight is 1320 g/mol. The summed E-state index contributed by atoms with van der Waals surface area (Å²) in [6.07, 6.45) is -1.96. The number of nitrogens with two attached hydrogens (primary N) is 5. The third kappa shape index (κ3) is 31.8. The number of carboxylic acid groups (broad SMARTS) is 4. The van der Waals surface area contributed by atoms with E-state index in [4.69, 9.17) is 33.8 Å². The Morgan fingerprint density at radius 3 is 1.27 bits per heavy atom. The first-order valence-electron chi connectivity index (χ1n) is 31.4. The molecule has 0 aliphatic carbocycles. The lowest BCUT2D eigenvalue weighted by Gasteiger charge is -2.30. The molecule has 0 saturated heterocycles. The average Bonchev–Trinajstić information content (AvgIpc) is 0.946. The molecule has 9 amide bonds. The largest absolute Gasteiger partial charge is 0.481 e. The molecule has 0 unspecified atom stereocenters. The van der Waals surface area contributed by atoms with Gasteiger partial charge in [0.1, 0.15) is 54.4 Å². The summed E-state index contributed by atoms with van der Waals surface area (Å²) in [4.78, 5) is 179. The maximum absolute atomic E-state index is 14.7. The van der Waals surface area contributed by atoms with Gasteiger partial charge in [-0.25, -0.2) is 4.79 Å². The highest BCUT2D eigenvalue weighted by Gasteiger charge is 2.38. The second kappa shape index (κ2) is 43.5. The van der Waals surface area contributed by atoms with Crippen molar-refractivity contribution in [3.63, 3.8) is 0 Å². The summed E-state index contributed by atoms with van der Waals surface area (Å²) >= 11 is 0. The summed E-state index contributed by atoms with van der Waals surface area (Å²) in [5.74, 6) is -15.7. The SMILES string of the molecule is CC[C@H](C)[C@H](NC(=O)[C@H](Cc1ccccc1)NC(=O)[C@H](CC(=O)O)NC(=O)[C@H](CCCN=C(N)N)NC(=O)[C@H](CC(C)C)NC(=O)[C@@H](N)CCC(=O)O)C(=O)N[C@@H](CCC(=O)O)C(=O)N[C@@H](CCCCN)C(=O)N[C@@H](Cc1ccccc1)C(=O)N[C@@H](CCCCN)C(=O)O. The molecule has 11 atom stereocenters. The van der Waals surface area contributed by atoms with Gasteiger partial charge in [-0.1, -0.05) is 94.8 Å². The molecular formula is C62H97N15O17. The number of carbonyl (C=O) groups is 13. The Hall–Kier alpha value is -9.30. The fourth-order valence-electron chi connectivity index (χ4n) is 9.57. The summed E-state index contributed by atoms with van der Waals surface area (Å²) in [6.45, 7) is 7.13. The number of unbranched alkanes of at least 4 members (excludes halogenated alkanes) is 2. The van der Waals surface area contributed by atoms with E-state index < -0.39 is 169 Å². The van der Waals surface area contributed by atoms with Crippen molar-refractivity contribution in [1.82, 2.24) is 47.9 Å². The molecule has 32 heteroatoms. The van der Waals surface area contributed by atoms with Gasteiger partial charge >= 0.3 is 23.9 Å². The van der Waals surface area contributed by atoms with Crippen LogP contribution in [0.1, 0.15) is 135 Å². The Morgan fingerprint density at radius 2 is 0.819 bits per heavy atom. The number of rotatable bonds is 47. The lowest BCUT2D eigenvalue weighted by Crippen LogP contribution is -2.61. The predicted octanol–water partition coefficient (Wildman–Crippen LogP) is -2.15. The number of benzene rings is 2. The highest BCUT2D eigenvalue weighted by molar-refractivity contribution is 5.99. The third-order valence-corrected chi connectivity index (χ3v) is 15.0. The molecular weight excluding hydrogens is 1230 g/mol. The van der Waals surface area contributed by atoms with E-state index in [0.29, 0.717) is 30.4 Å². The van der Waals surface area contributed by atoms with E-state index in [1.807, 2.05) is 0 Å². The minimum atomic E-state index is -1.96. The molecule has 2 aromatic carbocycles. The monoisotopic (exact) mass is 1320 g/mol. The molecule has 23 N–H and O–H groups in total. The van der Waals surface area contributed by atoms with Crippen molar-refractivity contribution >= 4 is 83.0 Å². The quantitative estimate of drug-likeness (QED) is 0.0191. The molecule has 0 aliphatic heterocycles. The molecule has 2 aromatic rings. The number of aliphatic imine (C=N–C) groups is 1. The van der Waals surface area contributed by atoms with E-state index in [2.05, 4.69) is 52.8 Å². The van der Waals surface area contributed by atoms with Gasteiger partial charge in [0.2, 0.25) is 53.2 Å². The minimum absolute atomic E-state index is 0.00935. The molecule has 0 spiro atoms. The molecule has 0 saturated carbocycles. The third-order valence-electron chi connectivity index (χ3n) is 15.0. The van der Waals surface area contributed by atoms with Gasteiger partial charge in [0.05, 0.1) is 12.5 Å². The number of nitrogens with zero attached hydrogens (tertiary/aromatic N) is 1. The zero-order chi connectivity index (χ0) is 70.5. The van der Waals surface area contributed by atoms with Gasteiger partial charge in [-0.3, -0.25) is 62.5 Å². The Morgan fingerprint density at radius 1 is 0.436 bits per heavy atom. The summed E-state index contributed by atoms with van der Waals surface area (Å²) in [6, 6.07) is 1.41. The standard InChI is InChI=1S/C62H97N15O17/c1-5-36(4)51(60(92)71-42(25-27-49(80)81)55(87)69-40(21-12-14-28-63)53(85)74-45(32-37-17-8-6-9-18-37)57(89)72-43(61(93)94)22-13-15-29-64)77-59(91)46(33-38-19-10-7-11-20-38)75-58(90)47(34-50(82)83)76-54(86)41(23-16-30-68-62(66)67)70-56(88)44(31-35(2)3)73-52(84)39(65)24-26-48(78)79/h6-11,17-20,35-36,39-47,51H,5,12-16,21-34,63-65H2,1-4H3,(H,69,87)(H,70,88)(H,71,92)(H,72,89)(H,73,84)(H,74,85)(H,75,90)(H,76,86)(H,77,91)(H,78,79)(H,80,81)(H,82,83)(H,93,94)(H4,66,67,68)/t36-,39-,40-,41-,42-,43-,44-,45-,46-,47-,51-/m0/s1. The van der Waals surface area contributed by atoms with Gasteiger partial charge in [0.25, 0.3) is 0 Å². The Bertz CT molecular complexity index is 2850. The normalized spacial score (nSPS) is 14.6. The molecule has 0 bridgehead atoms. The van der Waals surface area contributed by atoms with Crippen LogP contribution >= 0.6 is 0 Å². The molecule has 522 valence electrons. The first-order valence-corrected chi connectivity index (χ1v) is 31.4. The van der Waals surface area contributed by atoms with Crippen LogP contribution in [-0.2, 0) is 75.2 Å². The number of amides is 9. The molecule has 32 nitrogen and oxygen atoms in total. The van der Waals surface area contributed by atoms with Crippen molar-refractivity contribution in [1.29, 1.82) is 0 Å². The van der Waals surface area contributed by atoms with Gasteiger partial charge in [0, 0.05) is 32.2 Å². The van der Waals surface area contributed by atoms with Crippen molar-refractivity contribution in [2.24, 2.45) is 45.5 Å². The first-order chi connectivity index (χ1) is 44.5. The summed E-state index contributed by atoms with van der Waals surface area (Å²) < 4.78 is 0. The van der Waals surface area contributed by atoms with Crippen molar-refractivity contribution in [3.8, 4) is 0 Å². The lowest BCUT2D eigenvalue weighted by molar-refractivity contribution is -0.143. The van der Waals surface area contributed by atoms with Crippen LogP contribution < -0.4 is 76.5 Å². The number of hydrogen-bond acceptors (Lipinski definition) is 17. The van der Waals surface area contributed by atoms with Crippen LogP contribution in [0.5, 0.6) is 0 Å². The van der Waals surface area contributed by atoms with Crippen LogP contribution in [0, 0.1) is 11.8 Å². The summed E-state index contributed by atoms with van der Waals surface area (Å²) in [5.41, 5.74) is 29.3. The number of hydrogen-bond donors (Lipinski definition) is 18. The van der Waals surface area contributed by atoms with Crippen LogP contribution in [0.2, 0.25) is 0 Å². The van der Waals surface area contributed by atoms with E-state index in [0.717, 1.165) is 0 Å². The molecule has 0 aliphatic rings. The smallest absolute Gasteiger partial charge is 0.326 e. The Balaban J connectivity index is 2.59. The second-order valence-corrected chi connectivity index (χ2v) is 23.3. The maximum Gasteiger partial charge on any atom is 0.326 e. The highest BCUT2D eigenvalue weighted by atomic mass is 16.4. The van der Waals surface area contributed by atoms with Crippen molar-refractivity contribution in [2.45, 2.75) is 197 Å². The second-order valence-electron chi connectivity index (χ2n) is 23.3. The van der Waals surface area contributed by atoms with E-state index in [9.17, 15) is 77.6 Å². The number of carbonyl (C=O) groups excluding carboxylic acids is 9. The summed E-state index contributed by atoms with van der Waals surface area (Å²) in [7, 11) is 0. The maximum atomic E-state index is 14.7. The topological polar surface area (TPSA) is 554 Å². The van der Waals surface area contributed by atoms with Gasteiger partial charge in [-0.05, 0) is 107 Å². The predicted molar refractivity (Wildman–Crippen MR) is 344 cm³/mol. The molecule has 0 aromatic heterocycles. The minimum Gasteiger partial charge on any atom is -0.481 e. The molecule has 0 fully saturated rings. The van der Waals surface area contributed by atoms with Crippen LogP contribution in [0.3, 0.4) is 0 Å². The van der Waals surface area contributed by atoms with Crippen LogP contribution in [0.4, 0.5) is 0 Å². The van der Waals surface area contributed by atoms with E-state index in [1.165, 1.54) is 0 Å². The van der Waals surface area contributed by atoms with Gasteiger partial charge < -0.3 is 96.9 Å². The first kappa shape index (κ1) is 80.8. The van der Waals surface area contributed by atoms with Crippen molar-refractivity contribution in [2.75, 3.05) is 19.6 Å². The van der Waals surface area contributed by atoms with Crippen molar-refractivity contribution < 1.29 is 82.8 Å². The fraction of sp³-hybridized carbons (Fsp3) is 0.581. The van der Waals surface area contributed by atoms with E-state index >= 15 is 0 Å². The number of aliphatic carboxylic acids is 4. The van der Waals surface area contributed by atoms with E-state index in [1.54, 1.807) is 88.4 Å². The van der Waals surface area contributed by atoms with Crippen LogP contribution in [0.15, 0.2) is 65.7 Å². The van der Waals surface area contributed by atoms with Crippen LogP contribution in [0.25, 0.3) is 0 Å². The van der Waals surface area contributed by atoms with Gasteiger partial charge in [-0.2, -0.15) is 0 Å². The number of nitrogens with one attached hydrogen (secondary N) is 9. The van der Waals surface area contributed by atoms with Gasteiger partial charge in [0.15, 0.2) is 5.96 Å². The highest BCUT2D eigenvalue weighted by Crippen LogP contribution is 2.15. The Kier molecular flexibility index (Phi) is 37.4. The van der Waals surface area contributed by atoms with E-state index in [-0.39, 0.29) is 95.7 Å². The van der Waals surface area contributed by atoms with Crippen molar-refractivity contribution in [3.05, 3.63) is 71.8 Å². The molecule has 2 rings (SSSR count). The lowest BCUT2D eigenvalue weighted by atomic mass is 9.96. The van der Waals surface area contributed by atoms with Crippen LogP contribution in [-0.4, -0.2) is 183 Å². The summed E-state index contributed by atoms with van der Waals surface area (Å²) in [5, 5.41) is 61.6. The molecule has 0 radical (unpaired) electrons. The zero-order valence-electron chi connectivity index (χ0n) is 53.8. The fourth-order valence-corrected chi connectivity index (χ4v) is 9.57. The Labute approximate surface area is 546 Å². The molecule has 0 heterocycles. The number of guanidine groups is 1. The van der Waals surface area contributed by atoms with Gasteiger partial charge in [-0.15, -0.1) is 0 Å². The zero-order valence-corrected chi connectivity index (χ0v) is 53.8. The number of carboxylic acids is 4.